The number of hydrogen-bond acceptors (Lipinski definition) is 4. The molecule has 0 bridgehead atoms. The lowest BCUT2D eigenvalue weighted by Crippen LogP contribution is -2.41. The van der Waals surface area contributed by atoms with Crippen molar-refractivity contribution < 1.29 is 17.9 Å². The summed E-state index contributed by atoms with van der Waals surface area (Å²) >= 11 is 0. The Morgan fingerprint density at radius 3 is 2.18 bits per heavy atom. The molecule has 0 fully saturated rings. The highest BCUT2D eigenvalue weighted by Gasteiger charge is 2.36. The van der Waals surface area contributed by atoms with Crippen LogP contribution in [0.5, 0.6) is 0 Å². The first-order chi connectivity index (χ1) is 13.1. The summed E-state index contributed by atoms with van der Waals surface area (Å²) in [6, 6.07) is 19.1. The average molecular weight is 397 g/mol. The predicted molar refractivity (Wildman–Crippen MR) is 111 cm³/mol. The second-order valence-corrected chi connectivity index (χ2v) is 9.27. The predicted octanol–water partition coefficient (Wildman–Crippen LogP) is 5.28. The number of amides is 1. The van der Waals surface area contributed by atoms with E-state index in [-0.39, 0.29) is 10.6 Å². The molecular weight excluding hydrogens is 374 g/mol. The Morgan fingerprint density at radius 1 is 0.893 bits per heavy atom. The molecule has 28 heavy (non-hydrogen) atoms. The standard InChI is InChI=1S/C22H23NO4S/c1-16-10-5-8-15-20(16)28(25,26)23(21(24)27-22(2,3)4)19-14-9-12-17-11-6-7-13-18(17)19/h5-15H,1-4H3. The fourth-order valence-electron chi connectivity index (χ4n) is 2.96. The van der Waals surface area contributed by atoms with E-state index in [9.17, 15) is 13.2 Å². The molecule has 6 heteroatoms. The van der Waals surface area contributed by atoms with Crippen molar-refractivity contribution >= 4 is 32.6 Å². The number of fused-ring (bicyclic) bond motifs is 1. The normalized spacial score (nSPS) is 12.0. The molecular formula is C22H23NO4S. The molecule has 0 heterocycles. The van der Waals surface area contributed by atoms with Gasteiger partial charge in [0.1, 0.15) is 5.60 Å². The number of rotatable bonds is 3. The molecule has 0 saturated heterocycles. The molecule has 0 saturated carbocycles. The minimum atomic E-state index is -4.19. The van der Waals surface area contributed by atoms with Crippen molar-refractivity contribution in [3.05, 3.63) is 72.3 Å². The number of aryl methyl sites for hydroxylation is 1. The zero-order valence-corrected chi connectivity index (χ0v) is 17.2. The number of carbonyl (C=O) groups is 1. The lowest BCUT2D eigenvalue weighted by atomic mass is 10.1. The summed E-state index contributed by atoms with van der Waals surface area (Å²) in [5.74, 6) is 0. The van der Waals surface area contributed by atoms with E-state index < -0.39 is 21.7 Å². The van der Waals surface area contributed by atoms with Crippen molar-refractivity contribution in [1.29, 1.82) is 0 Å². The van der Waals surface area contributed by atoms with E-state index in [0.717, 1.165) is 9.69 Å². The van der Waals surface area contributed by atoms with Crippen molar-refractivity contribution in [2.75, 3.05) is 4.31 Å². The summed E-state index contributed by atoms with van der Waals surface area (Å²) < 4.78 is 33.3. The maximum Gasteiger partial charge on any atom is 0.429 e. The van der Waals surface area contributed by atoms with Crippen molar-refractivity contribution in [2.45, 2.75) is 38.2 Å². The van der Waals surface area contributed by atoms with Gasteiger partial charge in [0.15, 0.2) is 0 Å². The van der Waals surface area contributed by atoms with Gasteiger partial charge in [0.2, 0.25) is 0 Å². The Hall–Kier alpha value is -2.86. The second-order valence-electron chi connectivity index (χ2n) is 7.51. The number of nitrogens with zero attached hydrogens (tertiary/aromatic N) is 1. The Morgan fingerprint density at radius 2 is 1.50 bits per heavy atom. The van der Waals surface area contributed by atoms with Crippen LogP contribution in [-0.4, -0.2) is 20.1 Å². The Kier molecular flexibility index (Phi) is 5.17. The highest BCUT2D eigenvalue weighted by atomic mass is 32.2. The van der Waals surface area contributed by atoms with Crippen LogP contribution >= 0.6 is 0 Å². The summed E-state index contributed by atoms with van der Waals surface area (Å²) in [5.41, 5.74) is -0.0341. The first-order valence-electron chi connectivity index (χ1n) is 8.93. The van der Waals surface area contributed by atoms with Gasteiger partial charge in [-0.25, -0.2) is 13.2 Å². The molecule has 0 aliphatic rings. The molecule has 0 aliphatic heterocycles. The summed E-state index contributed by atoms with van der Waals surface area (Å²) in [6.45, 7) is 6.80. The van der Waals surface area contributed by atoms with E-state index in [4.69, 9.17) is 4.74 Å². The molecule has 5 nitrogen and oxygen atoms in total. The molecule has 3 aromatic rings. The number of benzene rings is 3. The SMILES string of the molecule is Cc1ccccc1S(=O)(=O)N(C(=O)OC(C)(C)C)c1cccc2ccccc12. The Balaban J connectivity index is 2.27. The van der Waals surface area contributed by atoms with Crippen LogP contribution in [0.1, 0.15) is 26.3 Å². The van der Waals surface area contributed by atoms with E-state index in [1.807, 2.05) is 18.2 Å². The molecule has 0 aliphatic carbocycles. The third-order valence-corrected chi connectivity index (χ3v) is 6.00. The third-order valence-electron chi connectivity index (χ3n) is 4.16. The Bertz CT molecular complexity index is 1130. The first kappa shape index (κ1) is 19.9. The van der Waals surface area contributed by atoms with Crippen LogP contribution in [0, 0.1) is 6.92 Å². The monoisotopic (exact) mass is 397 g/mol. The van der Waals surface area contributed by atoms with E-state index in [0.29, 0.717) is 10.9 Å². The summed E-state index contributed by atoms with van der Waals surface area (Å²) in [6.07, 6.45) is -0.938. The topological polar surface area (TPSA) is 63.7 Å². The van der Waals surface area contributed by atoms with Gasteiger partial charge in [-0.15, -0.1) is 0 Å². The van der Waals surface area contributed by atoms with Crippen LogP contribution in [0.3, 0.4) is 0 Å². The lowest BCUT2D eigenvalue weighted by molar-refractivity contribution is 0.0609. The molecule has 0 atom stereocenters. The maximum absolute atomic E-state index is 13.5. The number of ether oxygens (including phenoxy) is 1. The van der Waals surface area contributed by atoms with Crippen LogP contribution in [-0.2, 0) is 14.8 Å². The van der Waals surface area contributed by atoms with Crippen molar-refractivity contribution in [2.24, 2.45) is 0 Å². The van der Waals surface area contributed by atoms with Crippen LogP contribution in [0.4, 0.5) is 10.5 Å². The molecule has 3 aromatic carbocycles. The number of carbonyl (C=O) groups excluding carboxylic acids is 1. The van der Waals surface area contributed by atoms with Gasteiger partial charge in [-0.2, -0.15) is 4.31 Å². The van der Waals surface area contributed by atoms with E-state index in [1.54, 1.807) is 70.2 Å². The fraction of sp³-hybridized carbons (Fsp3) is 0.227. The molecule has 146 valence electrons. The van der Waals surface area contributed by atoms with E-state index in [2.05, 4.69) is 0 Å². The molecule has 3 rings (SSSR count). The first-order valence-corrected chi connectivity index (χ1v) is 10.4. The average Bonchev–Trinajstić information content (AvgIpc) is 2.60. The third kappa shape index (κ3) is 3.87. The highest BCUT2D eigenvalue weighted by molar-refractivity contribution is 7.93. The van der Waals surface area contributed by atoms with Gasteiger partial charge in [-0.05, 0) is 50.8 Å². The van der Waals surface area contributed by atoms with Gasteiger partial charge < -0.3 is 4.74 Å². The van der Waals surface area contributed by atoms with E-state index >= 15 is 0 Å². The van der Waals surface area contributed by atoms with Gasteiger partial charge in [-0.3, -0.25) is 0 Å². The van der Waals surface area contributed by atoms with Crippen molar-refractivity contribution in [3.63, 3.8) is 0 Å². The number of anilines is 1. The van der Waals surface area contributed by atoms with Crippen molar-refractivity contribution in [3.8, 4) is 0 Å². The second kappa shape index (κ2) is 7.28. The fourth-order valence-corrected chi connectivity index (χ4v) is 4.53. The zero-order valence-electron chi connectivity index (χ0n) is 16.3. The lowest BCUT2D eigenvalue weighted by Gasteiger charge is -2.28. The Labute approximate surface area is 165 Å². The van der Waals surface area contributed by atoms with Crippen molar-refractivity contribution in [1.82, 2.24) is 0 Å². The molecule has 0 N–H and O–H groups in total. The maximum atomic E-state index is 13.5. The van der Waals surface area contributed by atoms with Gasteiger partial charge in [0.25, 0.3) is 10.0 Å². The molecule has 0 aromatic heterocycles. The number of sulfonamides is 1. The summed E-state index contributed by atoms with van der Waals surface area (Å²) in [7, 11) is -4.19. The summed E-state index contributed by atoms with van der Waals surface area (Å²) in [4.78, 5) is 13.1. The van der Waals surface area contributed by atoms with Gasteiger partial charge in [0, 0.05) is 5.39 Å². The zero-order chi connectivity index (χ0) is 20.5. The van der Waals surface area contributed by atoms with Gasteiger partial charge >= 0.3 is 6.09 Å². The minimum Gasteiger partial charge on any atom is -0.443 e. The largest absolute Gasteiger partial charge is 0.443 e. The quantitative estimate of drug-likeness (QED) is 0.603. The molecule has 0 unspecified atom stereocenters. The van der Waals surface area contributed by atoms with Crippen LogP contribution in [0.25, 0.3) is 10.8 Å². The minimum absolute atomic E-state index is 0.0637. The highest BCUT2D eigenvalue weighted by Crippen LogP contribution is 2.33. The molecule has 1 amide bonds. The van der Waals surface area contributed by atoms with Gasteiger partial charge in [0.05, 0.1) is 10.6 Å². The van der Waals surface area contributed by atoms with Gasteiger partial charge in [-0.1, -0.05) is 54.6 Å². The summed E-state index contributed by atoms with van der Waals surface area (Å²) in [5, 5.41) is 1.47. The molecule has 0 radical (unpaired) electrons. The smallest absolute Gasteiger partial charge is 0.429 e. The van der Waals surface area contributed by atoms with Crippen LogP contribution < -0.4 is 4.31 Å². The number of hydrogen-bond donors (Lipinski definition) is 0. The molecule has 0 spiro atoms. The van der Waals surface area contributed by atoms with E-state index in [1.165, 1.54) is 6.07 Å². The van der Waals surface area contributed by atoms with Crippen LogP contribution in [0.2, 0.25) is 0 Å². The van der Waals surface area contributed by atoms with Crippen LogP contribution in [0.15, 0.2) is 71.6 Å².